The van der Waals surface area contributed by atoms with Crippen molar-refractivity contribution in [1.82, 2.24) is 29.6 Å². The first-order valence-electron chi connectivity index (χ1n) is 10.5. The number of H-pyrrole nitrogens is 1. The standard InChI is InChI=1S/C23H26N6O/c1-14(2)29-22-18(10-24-29)23(30)27-21(26-22)19-13-28(11-15(19)3)12-17-9-8-16-6-4-5-7-20(16)25-17/h4-10,14-15,19H,11-13H2,1-3H3,(H,26,27,30)/t15-,19-/m1/s1. The molecule has 1 aliphatic heterocycles. The molecule has 0 unspecified atom stereocenters. The molecule has 7 heteroatoms. The third-order valence-electron chi connectivity index (χ3n) is 6.05. The van der Waals surface area contributed by atoms with Gasteiger partial charge in [-0.05, 0) is 31.9 Å². The number of pyridine rings is 1. The molecule has 1 fully saturated rings. The maximum absolute atomic E-state index is 12.6. The van der Waals surface area contributed by atoms with Gasteiger partial charge in [-0.1, -0.05) is 31.2 Å². The monoisotopic (exact) mass is 402 g/mol. The van der Waals surface area contributed by atoms with Crippen molar-refractivity contribution in [2.75, 3.05) is 13.1 Å². The molecule has 1 aliphatic rings. The lowest BCUT2D eigenvalue weighted by molar-refractivity contribution is 0.315. The van der Waals surface area contributed by atoms with Crippen LogP contribution in [0, 0.1) is 5.92 Å². The molecule has 0 saturated carbocycles. The van der Waals surface area contributed by atoms with Crippen molar-refractivity contribution in [1.29, 1.82) is 0 Å². The SMILES string of the molecule is CC(C)n1ncc2c(=O)[nH]c([C@@H]3CN(Cc4ccc5ccccc5n4)C[C@H]3C)nc21. The Bertz CT molecular complexity index is 1270. The van der Waals surface area contributed by atoms with Crippen molar-refractivity contribution < 1.29 is 0 Å². The van der Waals surface area contributed by atoms with Gasteiger partial charge in [-0.3, -0.25) is 14.7 Å². The Morgan fingerprint density at radius 3 is 2.80 bits per heavy atom. The number of nitrogens with zero attached hydrogens (tertiary/aromatic N) is 5. The zero-order valence-corrected chi connectivity index (χ0v) is 17.5. The number of fused-ring (bicyclic) bond motifs is 2. The van der Waals surface area contributed by atoms with Crippen molar-refractivity contribution in [2.45, 2.75) is 39.3 Å². The van der Waals surface area contributed by atoms with E-state index in [1.165, 1.54) is 0 Å². The third-order valence-corrected chi connectivity index (χ3v) is 6.05. The van der Waals surface area contributed by atoms with Crippen LogP contribution in [0.15, 0.2) is 47.4 Å². The van der Waals surface area contributed by atoms with E-state index in [9.17, 15) is 4.79 Å². The van der Waals surface area contributed by atoms with E-state index in [1.54, 1.807) is 6.20 Å². The van der Waals surface area contributed by atoms with Crippen molar-refractivity contribution in [3.05, 3.63) is 64.5 Å². The molecule has 7 nitrogen and oxygen atoms in total. The van der Waals surface area contributed by atoms with E-state index < -0.39 is 0 Å². The second kappa shape index (κ2) is 7.32. The average Bonchev–Trinajstić information content (AvgIpc) is 3.31. The maximum atomic E-state index is 12.6. The summed E-state index contributed by atoms with van der Waals surface area (Å²) in [6, 6.07) is 12.6. The summed E-state index contributed by atoms with van der Waals surface area (Å²) in [6.07, 6.45) is 1.61. The summed E-state index contributed by atoms with van der Waals surface area (Å²) < 4.78 is 1.82. The normalized spacial score (nSPS) is 20.0. The highest BCUT2D eigenvalue weighted by atomic mass is 16.1. The van der Waals surface area contributed by atoms with Gasteiger partial charge in [0.2, 0.25) is 0 Å². The maximum Gasteiger partial charge on any atom is 0.262 e. The summed E-state index contributed by atoms with van der Waals surface area (Å²) in [5.41, 5.74) is 2.66. The molecule has 1 N–H and O–H groups in total. The molecule has 1 aromatic carbocycles. The molecule has 0 radical (unpaired) electrons. The summed E-state index contributed by atoms with van der Waals surface area (Å²) in [5.74, 6) is 1.33. The zero-order valence-electron chi connectivity index (χ0n) is 17.5. The number of hydrogen-bond acceptors (Lipinski definition) is 5. The van der Waals surface area contributed by atoms with E-state index in [0.717, 1.165) is 42.1 Å². The molecule has 30 heavy (non-hydrogen) atoms. The molecule has 2 atom stereocenters. The Kier molecular flexibility index (Phi) is 4.62. The highest BCUT2D eigenvalue weighted by Gasteiger charge is 2.33. The van der Waals surface area contributed by atoms with Gasteiger partial charge >= 0.3 is 0 Å². The number of nitrogens with one attached hydrogen (secondary N) is 1. The topological polar surface area (TPSA) is 79.7 Å². The van der Waals surface area contributed by atoms with Gasteiger partial charge in [0, 0.05) is 37.0 Å². The van der Waals surface area contributed by atoms with E-state index in [0.29, 0.717) is 17.0 Å². The number of benzene rings is 1. The highest BCUT2D eigenvalue weighted by Crippen LogP contribution is 2.31. The van der Waals surface area contributed by atoms with Gasteiger partial charge in [-0.2, -0.15) is 5.10 Å². The first kappa shape index (κ1) is 18.9. The van der Waals surface area contributed by atoms with E-state index >= 15 is 0 Å². The Labute approximate surface area is 174 Å². The number of aromatic nitrogens is 5. The number of rotatable bonds is 4. The fraction of sp³-hybridized carbons (Fsp3) is 0.391. The lowest BCUT2D eigenvalue weighted by Crippen LogP contribution is -2.22. The Morgan fingerprint density at radius 1 is 1.13 bits per heavy atom. The second-order valence-electron chi connectivity index (χ2n) is 8.64. The molecular weight excluding hydrogens is 376 g/mol. The third kappa shape index (κ3) is 3.29. The van der Waals surface area contributed by atoms with Crippen LogP contribution in [-0.2, 0) is 6.54 Å². The minimum Gasteiger partial charge on any atom is -0.310 e. The fourth-order valence-electron chi connectivity index (χ4n) is 4.48. The van der Waals surface area contributed by atoms with Gasteiger partial charge in [0.25, 0.3) is 5.56 Å². The van der Waals surface area contributed by atoms with Crippen molar-refractivity contribution in [3.63, 3.8) is 0 Å². The lowest BCUT2D eigenvalue weighted by atomic mass is 9.97. The van der Waals surface area contributed by atoms with Crippen LogP contribution >= 0.6 is 0 Å². The van der Waals surface area contributed by atoms with Crippen molar-refractivity contribution in [2.24, 2.45) is 5.92 Å². The fourth-order valence-corrected chi connectivity index (χ4v) is 4.48. The van der Waals surface area contributed by atoms with Crippen LogP contribution in [0.4, 0.5) is 0 Å². The molecule has 0 amide bonds. The van der Waals surface area contributed by atoms with Crippen molar-refractivity contribution in [3.8, 4) is 0 Å². The first-order valence-corrected chi connectivity index (χ1v) is 10.5. The van der Waals surface area contributed by atoms with Crippen LogP contribution in [-0.4, -0.2) is 42.7 Å². The van der Waals surface area contributed by atoms with Gasteiger partial charge < -0.3 is 4.98 Å². The predicted octanol–water partition coefficient (Wildman–Crippen LogP) is 3.48. The summed E-state index contributed by atoms with van der Waals surface area (Å²) >= 11 is 0. The van der Waals surface area contributed by atoms with E-state index in [4.69, 9.17) is 9.97 Å². The van der Waals surface area contributed by atoms with Crippen molar-refractivity contribution >= 4 is 21.9 Å². The summed E-state index contributed by atoms with van der Waals surface area (Å²) in [4.78, 5) is 27.7. The molecule has 0 spiro atoms. The number of para-hydroxylation sites is 1. The average molecular weight is 403 g/mol. The minimum absolute atomic E-state index is 0.108. The van der Waals surface area contributed by atoms with Crippen LogP contribution in [0.2, 0.25) is 0 Å². The quantitative estimate of drug-likeness (QED) is 0.565. The molecule has 4 heterocycles. The van der Waals surface area contributed by atoms with Gasteiger partial charge in [-0.25, -0.2) is 9.67 Å². The van der Waals surface area contributed by atoms with E-state index in [-0.39, 0.29) is 17.5 Å². The van der Waals surface area contributed by atoms with Crippen LogP contribution in [0.3, 0.4) is 0 Å². The van der Waals surface area contributed by atoms with Gasteiger partial charge in [0.05, 0.1) is 17.4 Å². The van der Waals surface area contributed by atoms with Crippen LogP contribution in [0.25, 0.3) is 21.9 Å². The molecule has 4 aromatic rings. The Hall–Kier alpha value is -3.06. The highest BCUT2D eigenvalue weighted by molar-refractivity contribution is 5.78. The van der Waals surface area contributed by atoms with E-state index in [2.05, 4.69) is 46.2 Å². The first-order chi connectivity index (χ1) is 14.5. The summed E-state index contributed by atoms with van der Waals surface area (Å²) in [6.45, 7) is 8.91. The van der Waals surface area contributed by atoms with Gasteiger partial charge in [0.15, 0.2) is 5.65 Å². The molecule has 3 aromatic heterocycles. The summed E-state index contributed by atoms with van der Waals surface area (Å²) in [5, 5.41) is 6.06. The van der Waals surface area contributed by atoms with E-state index in [1.807, 2.05) is 30.7 Å². The molecule has 0 aliphatic carbocycles. The van der Waals surface area contributed by atoms with Gasteiger partial charge in [0.1, 0.15) is 11.2 Å². The van der Waals surface area contributed by atoms with Crippen LogP contribution in [0.5, 0.6) is 0 Å². The lowest BCUT2D eigenvalue weighted by Gasteiger charge is -2.16. The summed E-state index contributed by atoms with van der Waals surface area (Å²) in [7, 11) is 0. The molecule has 0 bridgehead atoms. The largest absolute Gasteiger partial charge is 0.310 e. The number of likely N-dealkylation sites (tertiary alicyclic amines) is 1. The molecule has 5 rings (SSSR count). The Morgan fingerprint density at radius 2 is 1.97 bits per heavy atom. The molecule has 154 valence electrons. The number of aromatic amines is 1. The zero-order chi connectivity index (χ0) is 20.8. The van der Waals surface area contributed by atoms with Crippen LogP contribution in [0.1, 0.15) is 44.2 Å². The molecular formula is C23H26N6O. The van der Waals surface area contributed by atoms with Crippen LogP contribution < -0.4 is 5.56 Å². The molecule has 1 saturated heterocycles. The van der Waals surface area contributed by atoms with Gasteiger partial charge in [-0.15, -0.1) is 0 Å². The smallest absolute Gasteiger partial charge is 0.262 e. The second-order valence-corrected chi connectivity index (χ2v) is 8.64. The predicted molar refractivity (Wildman–Crippen MR) is 117 cm³/mol. The number of hydrogen-bond donors (Lipinski definition) is 1. The minimum atomic E-state index is -0.108. The Balaban J connectivity index is 1.41.